The van der Waals surface area contributed by atoms with Crippen molar-refractivity contribution in [2.45, 2.75) is 75.2 Å². The zero-order valence-electron chi connectivity index (χ0n) is 14.2. The number of carbonyl (C=O) groups is 1. The molecule has 3 fully saturated rings. The molecule has 0 spiro atoms. The molecule has 1 aliphatic carbocycles. The summed E-state index contributed by atoms with van der Waals surface area (Å²) in [5.74, 6) is -0.746. The molecule has 5 N–H and O–H groups in total. The first kappa shape index (κ1) is 19.0. The topological polar surface area (TPSA) is 146 Å². The summed E-state index contributed by atoms with van der Waals surface area (Å²) in [7, 11) is 0. The SMILES string of the molecule is C[C@@H]1C(=O)O[C@@H]2C[C@](C)(O)[C@@H](O[C@@H]3O[C@H](CO)[C@@H](O)[C@H](O)[C@H]3O)C[C@H]12. The Labute approximate surface area is 145 Å². The van der Waals surface area contributed by atoms with E-state index in [1.165, 1.54) is 0 Å². The molecular formula is C16H26O9. The highest BCUT2D eigenvalue weighted by molar-refractivity contribution is 5.75. The van der Waals surface area contributed by atoms with Crippen molar-refractivity contribution < 1.29 is 44.5 Å². The number of fused-ring (bicyclic) bond motifs is 1. The van der Waals surface area contributed by atoms with Crippen LogP contribution in [0.2, 0.25) is 0 Å². The van der Waals surface area contributed by atoms with Crippen molar-refractivity contribution in [2.75, 3.05) is 6.61 Å². The molecule has 2 saturated heterocycles. The van der Waals surface area contributed by atoms with E-state index in [1.807, 2.05) is 0 Å². The third-order valence-electron chi connectivity index (χ3n) is 5.70. The molecule has 3 aliphatic rings. The Kier molecular flexibility index (Phi) is 5.11. The maximum atomic E-state index is 11.8. The molecule has 0 aromatic rings. The molecule has 0 amide bonds. The van der Waals surface area contributed by atoms with Crippen molar-refractivity contribution in [3.05, 3.63) is 0 Å². The highest BCUT2D eigenvalue weighted by Gasteiger charge is 2.54. The second-order valence-electron chi connectivity index (χ2n) is 7.55. The molecule has 0 aromatic heterocycles. The van der Waals surface area contributed by atoms with Crippen LogP contribution >= 0.6 is 0 Å². The predicted octanol–water partition coefficient (Wildman–Crippen LogP) is -2.11. The average Bonchev–Trinajstić information content (AvgIpc) is 2.81. The van der Waals surface area contributed by atoms with E-state index < -0.39 is 49.0 Å². The lowest BCUT2D eigenvalue weighted by molar-refractivity contribution is -0.328. The fourth-order valence-electron chi connectivity index (χ4n) is 3.97. The van der Waals surface area contributed by atoms with Crippen molar-refractivity contribution in [1.29, 1.82) is 0 Å². The van der Waals surface area contributed by atoms with Gasteiger partial charge in [0.25, 0.3) is 0 Å². The summed E-state index contributed by atoms with van der Waals surface area (Å²) < 4.78 is 16.4. The van der Waals surface area contributed by atoms with E-state index in [0.717, 1.165) is 0 Å². The van der Waals surface area contributed by atoms with Crippen molar-refractivity contribution in [2.24, 2.45) is 11.8 Å². The van der Waals surface area contributed by atoms with Gasteiger partial charge in [-0.25, -0.2) is 0 Å². The second-order valence-corrected chi connectivity index (χ2v) is 7.55. The van der Waals surface area contributed by atoms with Crippen LogP contribution in [0.15, 0.2) is 0 Å². The van der Waals surface area contributed by atoms with E-state index in [1.54, 1.807) is 13.8 Å². The maximum Gasteiger partial charge on any atom is 0.309 e. The Morgan fingerprint density at radius 1 is 1.24 bits per heavy atom. The first-order chi connectivity index (χ1) is 11.7. The summed E-state index contributed by atoms with van der Waals surface area (Å²) in [5.41, 5.74) is -1.33. The van der Waals surface area contributed by atoms with Crippen LogP contribution in [0.25, 0.3) is 0 Å². The molecule has 9 heteroatoms. The van der Waals surface area contributed by atoms with Gasteiger partial charge in [0.1, 0.15) is 30.5 Å². The third-order valence-corrected chi connectivity index (χ3v) is 5.70. The zero-order chi connectivity index (χ0) is 18.5. The summed E-state index contributed by atoms with van der Waals surface area (Å²) in [6.45, 7) is 2.75. The van der Waals surface area contributed by atoms with Crippen LogP contribution in [0, 0.1) is 11.8 Å². The second kappa shape index (κ2) is 6.73. The van der Waals surface area contributed by atoms with Crippen molar-refractivity contribution in [3.63, 3.8) is 0 Å². The summed E-state index contributed by atoms with van der Waals surface area (Å²) in [6, 6.07) is 0. The van der Waals surface area contributed by atoms with E-state index in [9.17, 15) is 30.3 Å². The van der Waals surface area contributed by atoms with Gasteiger partial charge >= 0.3 is 5.97 Å². The maximum absolute atomic E-state index is 11.8. The molecule has 0 bridgehead atoms. The molecule has 25 heavy (non-hydrogen) atoms. The first-order valence-electron chi connectivity index (χ1n) is 8.54. The van der Waals surface area contributed by atoms with Crippen LogP contribution in [-0.4, -0.2) is 86.6 Å². The summed E-state index contributed by atoms with van der Waals surface area (Å²) >= 11 is 0. The van der Waals surface area contributed by atoms with Crippen molar-refractivity contribution >= 4 is 5.97 Å². The lowest BCUT2D eigenvalue weighted by Crippen LogP contribution is -2.61. The average molecular weight is 362 g/mol. The molecule has 144 valence electrons. The Bertz CT molecular complexity index is 508. The van der Waals surface area contributed by atoms with Crippen LogP contribution in [0.3, 0.4) is 0 Å². The van der Waals surface area contributed by atoms with E-state index in [0.29, 0.717) is 6.42 Å². The normalized spacial score (nSPS) is 53.4. The Hall–Kier alpha value is -0.810. The number of aliphatic hydroxyl groups excluding tert-OH is 4. The molecule has 10 atom stereocenters. The number of rotatable bonds is 3. The predicted molar refractivity (Wildman–Crippen MR) is 81.0 cm³/mol. The number of hydrogen-bond donors (Lipinski definition) is 5. The molecule has 2 heterocycles. The molecule has 2 aliphatic heterocycles. The van der Waals surface area contributed by atoms with Gasteiger partial charge < -0.3 is 39.7 Å². The fraction of sp³-hybridized carbons (Fsp3) is 0.938. The molecule has 0 aromatic carbocycles. The lowest BCUT2D eigenvalue weighted by atomic mass is 9.72. The minimum absolute atomic E-state index is 0.123. The number of carbonyl (C=O) groups excluding carboxylic acids is 1. The van der Waals surface area contributed by atoms with E-state index in [-0.39, 0.29) is 30.3 Å². The first-order valence-corrected chi connectivity index (χ1v) is 8.54. The van der Waals surface area contributed by atoms with Gasteiger partial charge in [0.05, 0.1) is 24.2 Å². The van der Waals surface area contributed by atoms with Crippen LogP contribution in [0.1, 0.15) is 26.7 Å². The molecule has 0 unspecified atom stereocenters. The van der Waals surface area contributed by atoms with Gasteiger partial charge in [-0.3, -0.25) is 4.79 Å². The van der Waals surface area contributed by atoms with E-state index >= 15 is 0 Å². The monoisotopic (exact) mass is 362 g/mol. The van der Waals surface area contributed by atoms with Crippen LogP contribution in [0.4, 0.5) is 0 Å². The molecule has 3 rings (SSSR count). The van der Waals surface area contributed by atoms with Crippen LogP contribution < -0.4 is 0 Å². The Balaban J connectivity index is 1.73. The Morgan fingerprint density at radius 2 is 1.92 bits per heavy atom. The highest BCUT2D eigenvalue weighted by Crippen LogP contribution is 2.44. The minimum atomic E-state index is -1.55. The quantitative estimate of drug-likeness (QED) is 0.356. The molecular weight excluding hydrogens is 336 g/mol. The zero-order valence-corrected chi connectivity index (χ0v) is 14.2. The van der Waals surface area contributed by atoms with Gasteiger partial charge in [0, 0.05) is 12.3 Å². The summed E-state index contributed by atoms with van der Waals surface area (Å²) in [4.78, 5) is 11.8. The van der Waals surface area contributed by atoms with Gasteiger partial charge in [0.15, 0.2) is 6.29 Å². The van der Waals surface area contributed by atoms with Crippen LogP contribution in [-0.2, 0) is 19.0 Å². The third kappa shape index (κ3) is 3.30. The van der Waals surface area contributed by atoms with E-state index in [4.69, 9.17) is 14.2 Å². The number of ether oxygens (including phenoxy) is 3. The smallest absolute Gasteiger partial charge is 0.309 e. The van der Waals surface area contributed by atoms with E-state index in [2.05, 4.69) is 0 Å². The molecule has 9 nitrogen and oxygen atoms in total. The molecule has 1 saturated carbocycles. The van der Waals surface area contributed by atoms with Gasteiger partial charge in [-0.15, -0.1) is 0 Å². The van der Waals surface area contributed by atoms with Gasteiger partial charge in [-0.05, 0) is 13.3 Å². The fourth-order valence-corrected chi connectivity index (χ4v) is 3.97. The number of esters is 1. The van der Waals surface area contributed by atoms with Gasteiger partial charge in [0.2, 0.25) is 0 Å². The standard InChI is InChI=1S/C16H26O9/c1-6-7-3-10(16(2,22)4-8(7)23-14(6)21)25-15-13(20)12(19)11(18)9(5-17)24-15/h6-13,15,17-20,22H,3-5H2,1-2H3/t6-,7+,8+,9+,10-,11+,12-,13+,15-,16-/m0/s1. The summed E-state index contributed by atoms with van der Waals surface area (Å²) in [5, 5.41) is 49.7. The minimum Gasteiger partial charge on any atom is -0.462 e. The van der Waals surface area contributed by atoms with Crippen LogP contribution in [0.5, 0.6) is 0 Å². The largest absolute Gasteiger partial charge is 0.462 e. The Morgan fingerprint density at radius 3 is 2.56 bits per heavy atom. The highest BCUT2D eigenvalue weighted by atomic mass is 16.7. The number of aliphatic hydroxyl groups is 5. The summed E-state index contributed by atoms with van der Waals surface area (Å²) in [6.07, 6.45) is -7.61. The van der Waals surface area contributed by atoms with Crippen molar-refractivity contribution in [1.82, 2.24) is 0 Å². The molecule has 0 radical (unpaired) electrons. The van der Waals surface area contributed by atoms with Crippen molar-refractivity contribution in [3.8, 4) is 0 Å². The lowest BCUT2D eigenvalue weighted by Gasteiger charge is -2.46. The van der Waals surface area contributed by atoms with Gasteiger partial charge in [-0.2, -0.15) is 0 Å². The number of hydrogen-bond acceptors (Lipinski definition) is 9. The van der Waals surface area contributed by atoms with Gasteiger partial charge in [-0.1, -0.05) is 6.92 Å².